The molecule has 5 nitrogen and oxygen atoms in total. The molecule has 1 aliphatic heterocycles. The molecule has 0 bridgehead atoms. The predicted molar refractivity (Wildman–Crippen MR) is 60.9 cm³/mol. The van der Waals surface area contributed by atoms with E-state index in [9.17, 15) is 4.79 Å². The molecule has 1 saturated heterocycles. The number of nitrogens with two attached hydrogens (primary N) is 1. The van der Waals surface area contributed by atoms with Crippen molar-refractivity contribution in [1.29, 1.82) is 0 Å². The summed E-state index contributed by atoms with van der Waals surface area (Å²) in [5, 5.41) is 8.89. The van der Waals surface area contributed by atoms with E-state index in [1.54, 1.807) is 0 Å². The largest absolute Gasteiger partial charge is 0.469 e. The number of esters is 1. The smallest absolute Gasteiger partial charge is 0.305 e. The topological polar surface area (TPSA) is 75.8 Å². The number of hydrogen-bond acceptors (Lipinski definition) is 5. The third-order valence-electron chi connectivity index (χ3n) is 3.05. The Kier molecular flexibility index (Phi) is 5.73. The van der Waals surface area contributed by atoms with E-state index in [0.717, 1.165) is 25.9 Å². The van der Waals surface area contributed by atoms with Gasteiger partial charge in [0.25, 0.3) is 0 Å². The van der Waals surface area contributed by atoms with E-state index in [1.807, 2.05) is 0 Å². The number of carbonyl (C=O) groups excluding carboxylic acids is 1. The Morgan fingerprint density at radius 3 is 2.94 bits per heavy atom. The zero-order chi connectivity index (χ0) is 12.0. The van der Waals surface area contributed by atoms with E-state index < -0.39 is 0 Å². The first kappa shape index (κ1) is 13.4. The Hall–Kier alpha value is -0.650. The summed E-state index contributed by atoms with van der Waals surface area (Å²) in [5.74, 6) is 0.280. The highest BCUT2D eigenvalue weighted by Gasteiger charge is 2.24. The van der Waals surface area contributed by atoms with Crippen LogP contribution in [0.1, 0.15) is 19.3 Å². The molecule has 0 aromatic heterocycles. The van der Waals surface area contributed by atoms with Gasteiger partial charge >= 0.3 is 5.97 Å². The van der Waals surface area contributed by atoms with Crippen molar-refractivity contribution in [3.05, 3.63) is 0 Å². The minimum atomic E-state index is -0.159. The molecule has 94 valence electrons. The average molecular weight is 230 g/mol. The number of hydrogen-bond donors (Lipinski definition) is 2. The number of rotatable bonds is 5. The number of nitrogens with zero attached hydrogens (tertiary/aromatic N) is 1. The van der Waals surface area contributed by atoms with Crippen LogP contribution in [0.15, 0.2) is 0 Å². The summed E-state index contributed by atoms with van der Waals surface area (Å²) in [5.41, 5.74) is 5.95. The van der Waals surface area contributed by atoms with Gasteiger partial charge in [0.05, 0.1) is 13.7 Å². The Bertz CT molecular complexity index is 223. The lowest BCUT2D eigenvalue weighted by Crippen LogP contribution is -2.47. The van der Waals surface area contributed by atoms with Crippen molar-refractivity contribution in [3.8, 4) is 0 Å². The molecule has 1 fully saturated rings. The van der Waals surface area contributed by atoms with Crippen LogP contribution in [0.25, 0.3) is 0 Å². The lowest BCUT2D eigenvalue weighted by Gasteiger charge is -2.35. The maximum Gasteiger partial charge on any atom is 0.305 e. The summed E-state index contributed by atoms with van der Waals surface area (Å²) in [4.78, 5) is 13.2. The molecule has 0 aliphatic carbocycles. The van der Waals surface area contributed by atoms with Crippen molar-refractivity contribution in [1.82, 2.24) is 4.90 Å². The first-order valence-electron chi connectivity index (χ1n) is 5.81. The lowest BCUT2D eigenvalue weighted by molar-refractivity contribution is -0.141. The number of methoxy groups -OCH3 is 1. The second-order valence-corrected chi connectivity index (χ2v) is 4.46. The lowest BCUT2D eigenvalue weighted by atomic mass is 9.91. The van der Waals surface area contributed by atoms with E-state index >= 15 is 0 Å². The Morgan fingerprint density at radius 1 is 1.56 bits per heavy atom. The SMILES string of the molecule is COC(=O)CCC1CC(N)CN(CCO)C1. The minimum Gasteiger partial charge on any atom is -0.469 e. The number of ether oxygens (including phenoxy) is 1. The van der Waals surface area contributed by atoms with Crippen LogP contribution < -0.4 is 5.73 Å². The maximum atomic E-state index is 11.0. The van der Waals surface area contributed by atoms with Crippen LogP contribution in [0.4, 0.5) is 0 Å². The molecule has 3 N–H and O–H groups in total. The third kappa shape index (κ3) is 4.47. The molecule has 0 aromatic carbocycles. The standard InChI is InChI=1S/C11H22N2O3/c1-16-11(15)3-2-9-6-10(12)8-13(7-9)4-5-14/h9-10,14H,2-8,12H2,1H3. The van der Waals surface area contributed by atoms with Crippen LogP contribution in [0.5, 0.6) is 0 Å². The molecule has 0 spiro atoms. The molecular weight excluding hydrogens is 208 g/mol. The van der Waals surface area contributed by atoms with Crippen molar-refractivity contribution in [2.24, 2.45) is 11.7 Å². The average Bonchev–Trinajstić information content (AvgIpc) is 2.25. The summed E-state index contributed by atoms with van der Waals surface area (Å²) in [7, 11) is 1.41. The highest BCUT2D eigenvalue weighted by atomic mass is 16.5. The molecule has 1 heterocycles. The van der Waals surface area contributed by atoms with Gasteiger partial charge in [0.2, 0.25) is 0 Å². The molecule has 0 radical (unpaired) electrons. The Morgan fingerprint density at radius 2 is 2.31 bits per heavy atom. The number of carbonyl (C=O) groups is 1. The second kappa shape index (κ2) is 6.83. The highest BCUT2D eigenvalue weighted by Crippen LogP contribution is 2.20. The molecule has 2 atom stereocenters. The van der Waals surface area contributed by atoms with Gasteiger partial charge in [-0.3, -0.25) is 9.69 Å². The second-order valence-electron chi connectivity index (χ2n) is 4.46. The van der Waals surface area contributed by atoms with Crippen molar-refractivity contribution in [2.75, 3.05) is 33.4 Å². The predicted octanol–water partition coefficient (Wildman–Crippen LogP) is -0.419. The third-order valence-corrected chi connectivity index (χ3v) is 3.05. The van der Waals surface area contributed by atoms with Crippen LogP contribution in [-0.4, -0.2) is 55.4 Å². The van der Waals surface area contributed by atoms with Crippen LogP contribution in [-0.2, 0) is 9.53 Å². The van der Waals surface area contributed by atoms with Crippen LogP contribution in [0, 0.1) is 5.92 Å². The molecule has 2 unspecified atom stereocenters. The van der Waals surface area contributed by atoms with Crippen molar-refractivity contribution < 1.29 is 14.6 Å². The van der Waals surface area contributed by atoms with Gasteiger partial charge in [0.1, 0.15) is 0 Å². The van der Waals surface area contributed by atoms with Crippen LogP contribution in [0.3, 0.4) is 0 Å². The molecule has 0 aromatic rings. The Balaban J connectivity index is 2.32. The van der Waals surface area contributed by atoms with Crippen LogP contribution >= 0.6 is 0 Å². The molecular formula is C11H22N2O3. The summed E-state index contributed by atoms with van der Waals surface area (Å²) in [6, 6.07) is 0.156. The number of aliphatic hydroxyl groups is 1. The molecule has 0 amide bonds. The molecule has 16 heavy (non-hydrogen) atoms. The molecule has 1 aliphatic rings. The van der Waals surface area contributed by atoms with E-state index in [1.165, 1.54) is 7.11 Å². The first-order chi connectivity index (χ1) is 7.65. The first-order valence-corrected chi connectivity index (χ1v) is 5.81. The van der Waals surface area contributed by atoms with Gasteiger partial charge in [-0.2, -0.15) is 0 Å². The van der Waals surface area contributed by atoms with Crippen molar-refractivity contribution in [2.45, 2.75) is 25.3 Å². The summed E-state index contributed by atoms with van der Waals surface area (Å²) in [6.07, 6.45) is 2.24. The zero-order valence-electron chi connectivity index (χ0n) is 9.89. The molecule has 1 rings (SSSR count). The van der Waals surface area contributed by atoms with Gasteiger partial charge in [0.15, 0.2) is 0 Å². The van der Waals surface area contributed by atoms with E-state index in [0.29, 0.717) is 18.9 Å². The van der Waals surface area contributed by atoms with Crippen molar-refractivity contribution >= 4 is 5.97 Å². The van der Waals surface area contributed by atoms with Gasteiger partial charge in [-0.05, 0) is 18.8 Å². The van der Waals surface area contributed by atoms with Crippen molar-refractivity contribution in [3.63, 3.8) is 0 Å². The summed E-state index contributed by atoms with van der Waals surface area (Å²) in [6.45, 7) is 2.60. The Labute approximate surface area is 96.6 Å². The normalized spacial score (nSPS) is 26.7. The minimum absolute atomic E-state index is 0.156. The fraction of sp³-hybridized carbons (Fsp3) is 0.909. The van der Waals surface area contributed by atoms with E-state index in [4.69, 9.17) is 10.8 Å². The number of β-amino-alcohol motifs (C(OH)–C–C–N with tert-alkyl or cyclic N) is 1. The monoisotopic (exact) mass is 230 g/mol. The van der Waals surface area contributed by atoms with E-state index in [-0.39, 0.29) is 18.6 Å². The van der Waals surface area contributed by atoms with Gasteiger partial charge in [-0.15, -0.1) is 0 Å². The number of piperidine rings is 1. The van der Waals surface area contributed by atoms with Gasteiger partial charge < -0.3 is 15.6 Å². The molecule has 0 saturated carbocycles. The fourth-order valence-corrected chi connectivity index (χ4v) is 2.31. The summed E-state index contributed by atoms with van der Waals surface area (Å²) >= 11 is 0. The van der Waals surface area contributed by atoms with Gasteiger partial charge in [-0.25, -0.2) is 0 Å². The quantitative estimate of drug-likeness (QED) is 0.627. The van der Waals surface area contributed by atoms with Crippen LogP contribution in [0.2, 0.25) is 0 Å². The maximum absolute atomic E-state index is 11.0. The van der Waals surface area contributed by atoms with Gasteiger partial charge in [0, 0.05) is 32.1 Å². The molecule has 5 heteroatoms. The zero-order valence-corrected chi connectivity index (χ0v) is 9.89. The van der Waals surface area contributed by atoms with E-state index in [2.05, 4.69) is 9.64 Å². The fourth-order valence-electron chi connectivity index (χ4n) is 2.31. The highest BCUT2D eigenvalue weighted by molar-refractivity contribution is 5.69. The van der Waals surface area contributed by atoms with Gasteiger partial charge in [-0.1, -0.05) is 0 Å². The summed E-state index contributed by atoms with van der Waals surface area (Å²) < 4.78 is 4.62. The number of likely N-dealkylation sites (tertiary alicyclic amines) is 1. The number of aliphatic hydroxyl groups excluding tert-OH is 1.